The molecule has 3 aromatic heterocycles. The van der Waals surface area contributed by atoms with Crippen molar-refractivity contribution in [1.29, 1.82) is 0 Å². The first-order valence-electron chi connectivity index (χ1n) is 8.21. The summed E-state index contributed by atoms with van der Waals surface area (Å²) in [6.45, 7) is 4.79. The number of hydrogen-bond acceptors (Lipinski definition) is 4. The van der Waals surface area contributed by atoms with Gasteiger partial charge in [-0.15, -0.1) is 5.10 Å². The number of hydrogen-bond donors (Lipinski definition) is 0. The molecule has 0 bridgehead atoms. The normalized spacial score (nSPS) is 12.9. The predicted molar refractivity (Wildman–Crippen MR) is 95.9 cm³/mol. The molecule has 0 saturated carbocycles. The number of imidazole rings is 1. The highest BCUT2D eigenvalue weighted by molar-refractivity contribution is 5.70. The molecule has 0 atom stereocenters. The van der Waals surface area contributed by atoms with Crippen molar-refractivity contribution in [3.8, 4) is 11.4 Å². The average molecular weight is 328 g/mol. The third-order valence-corrected chi connectivity index (χ3v) is 4.52. The Morgan fingerprint density at radius 2 is 1.96 bits per heavy atom. The monoisotopic (exact) mass is 328 g/mol. The largest absolute Gasteiger partial charge is 0.326 e. The molecule has 0 spiro atoms. The Balaban J connectivity index is 1.49. The van der Waals surface area contributed by atoms with E-state index in [1.165, 1.54) is 11.1 Å². The van der Waals surface area contributed by atoms with Gasteiger partial charge in [0.05, 0.1) is 17.1 Å². The first-order chi connectivity index (χ1) is 12.2. The number of aromatic nitrogens is 6. The summed E-state index contributed by atoms with van der Waals surface area (Å²) in [5, 5.41) is 4.53. The van der Waals surface area contributed by atoms with Gasteiger partial charge in [-0.1, -0.05) is 24.3 Å². The molecule has 122 valence electrons. The zero-order valence-electron chi connectivity index (χ0n) is 14.0. The van der Waals surface area contributed by atoms with Crippen LogP contribution in [0.15, 0.2) is 36.7 Å². The molecule has 1 aliphatic heterocycles. The number of nitrogens with zero attached hydrogens (tertiary/aromatic N) is 6. The lowest BCUT2D eigenvalue weighted by atomic mass is 10.1. The van der Waals surface area contributed by atoms with Gasteiger partial charge in [0.1, 0.15) is 5.82 Å². The van der Waals surface area contributed by atoms with Crippen LogP contribution in [0.2, 0.25) is 0 Å². The highest BCUT2D eigenvalue weighted by Crippen LogP contribution is 2.31. The van der Waals surface area contributed by atoms with E-state index in [4.69, 9.17) is 4.98 Å². The fourth-order valence-corrected chi connectivity index (χ4v) is 3.25. The fraction of sp³-hybridized carbons (Fsp3) is 0.158. The lowest BCUT2D eigenvalue weighted by molar-refractivity contribution is 0.847. The number of fused-ring (bicyclic) bond motifs is 4. The molecule has 0 fully saturated rings. The summed E-state index contributed by atoms with van der Waals surface area (Å²) in [7, 11) is 0. The average Bonchev–Trinajstić information content (AvgIpc) is 3.29. The predicted octanol–water partition coefficient (Wildman–Crippen LogP) is 3.14. The summed E-state index contributed by atoms with van der Waals surface area (Å²) in [6, 6.07) is 8.40. The van der Waals surface area contributed by atoms with E-state index >= 15 is 0 Å². The minimum atomic E-state index is 0.660. The van der Waals surface area contributed by atoms with Crippen molar-refractivity contribution in [2.45, 2.75) is 20.4 Å². The lowest BCUT2D eigenvalue weighted by Gasteiger charge is -1.97. The molecular weight excluding hydrogens is 312 g/mol. The molecule has 0 aliphatic carbocycles. The number of aryl methyl sites for hydroxylation is 2. The van der Waals surface area contributed by atoms with Crippen LogP contribution in [0.3, 0.4) is 0 Å². The molecule has 6 heteroatoms. The molecular formula is C19H16N6. The van der Waals surface area contributed by atoms with Crippen LogP contribution < -0.4 is 0 Å². The van der Waals surface area contributed by atoms with Crippen molar-refractivity contribution in [2.75, 3.05) is 0 Å². The first kappa shape index (κ1) is 14.1. The van der Waals surface area contributed by atoms with Crippen LogP contribution in [0.25, 0.3) is 29.2 Å². The molecule has 5 rings (SSSR count). The van der Waals surface area contributed by atoms with Crippen molar-refractivity contribution in [3.05, 3.63) is 65.1 Å². The molecule has 1 aromatic carbocycles. The zero-order valence-corrected chi connectivity index (χ0v) is 14.0. The van der Waals surface area contributed by atoms with Crippen molar-refractivity contribution in [3.63, 3.8) is 0 Å². The number of benzene rings is 1. The van der Waals surface area contributed by atoms with Gasteiger partial charge in [-0.2, -0.15) is 0 Å². The molecule has 0 radical (unpaired) electrons. The molecule has 4 heterocycles. The minimum Gasteiger partial charge on any atom is -0.326 e. The van der Waals surface area contributed by atoms with Gasteiger partial charge in [-0.3, -0.25) is 4.98 Å². The van der Waals surface area contributed by atoms with E-state index in [0.717, 1.165) is 35.1 Å². The molecule has 0 amide bonds. The molecule has 1 aliphatic rings. The Morgan fingerprint density at radius 3 is 2.84 bits per heavy atom. The van der Waals surface area contributed by atoms with E-state index in [1.807, 2.05) is 36.7 Å². The molecule has 0 N–H and O–H groups in total. The van der Waals surface area contributed by atoms with Crippen LogP contribution in [0.1, 0.15) is 28.5 Å². The fourth-order valence-electron chi connectivity index (χ4n) is 3.25. The third kappa shape index (κ3) is 2.18. The maximum atomic E-state index is 4.74. The van der Waals surface area contributed by atoms with E-state index in [-0.39, 0.29) is 0 Å². The summed E-state index contributed by atoms with van der Waals surface area (Å²) in [5.74, 6) is 1.68. The van der Waals surface area contributed by atoms with E-state index in [1.54, 1.807) is 0 Å². The van der Waals surface area contributed by atoms with Gasteiger partial charge in [0.15, 0.2) is 11.5 Å². The maximum Gasteiger partial charge on any atom is 0.177 e. The third-order valence-electron chi connectivity index (χ3n) is 4.52. The summed E-state index contributed by atoms with van der Waals surface area (Å²) in [4.78, 5) is 13.6. The van der Waals surface area contributed by atoms with Crippen LogP contribution in [0.4, 0.5) is 0 Å². The summed E-state index contributed by atoms with van der Waals surface area (Å²) < 4.78 is 4.01. The van der Waals surface area contributed by atoms with E-state index in [2.05, 4.69) is 50.1 Å². The smallest absolute Gasteiger partial charge is 0.177 e. The summed E-state index contributed by atoms with van der Waals surface area (Å²) in [6.07, 6.45) is 7.73. The second-order valence-electron chi connectivity index (χ2n) is 6.30. The van der Waals surface area contributed by atoms with Gasteiger partial charge >= 0.3 is 0 Å². The van der Waals surface area contributed by atoms with E-state index in [0.29, 0.717) is 5.82 Å². The minimum absolute atomic E-state index is 0.660. The van der Waals surface area contributed by atoms with E-state index in [9.17, 15) is 0 Å². The van der Waals surface area contributed by atoms with Gasteiger partial charge in [-0.25, -0.2) is 14.5 Å². The van der Waals surface area contributed by atoms with Gasteiger partial charge in [-0.05, 0) is 31.6 Å². The lowest BCUT2D eigenvalue weighted by Crippen LogP contribution is -1.97. The second kappa shape index (κ2) is 5.11. The summed E-state index contributed by atoms with van der Waals surface area (Å²) >= 11 is 0. The second-order valence-corrected chi connectivity index (χ2v) is 6.30. The Bertz CT molecular complexity index is 1110. The molecule has 4 aromatic rings. The first-order valence-corrected chi connectivity index (χ1v) is 8.21. The summed E-state index contributed by atoms with van der Waals surface area (Å²) in [5.41, 5.74) is 6.07. The molecule has 25 heavy (non-hydrogen) atoms. The Labute approximate surface area is 144 Å². The van der Waals surface area contributed by atoms with Crippen LogP contribution in [-0.2, 0) is 6.54 Å². The van der Waals surface area contributed by atoms with Crippen molar-refractivity contribution < 1.29 is 0 Å². The standard InChI is InChI=1S/C19H16N6/c1-12-9-20-13(2)18-22-17(23-25(12)18)8-7-15-11-24-10-14-5-3-4-6-16(14)19(24)21-15/h3-9,11H,10H2,1-2H3/b8-7+. The van der Waals surface area contributed by atoms with Gasteiger partial charge in [0.2, 0.25) is 0 Å². The number of rotatable bonds is 2. The van der Waals surface area contributed by atoms with Crippen molar-refractivity contribution in [1.82, 2.24) is 29.1 Å². The maximum absolute atomic E-state index is 4.74. The van der Waals surface area contributed by atoms with Gasteiger partial charge < -0.3 is 4.57 Å². The molecule has 6 nitrogen and oxygen atoms in total. The Hall–Kier alpha value is -3.28. The van der Waals surface area contributed by atoms with Gasteiger partial charge in [0, 0.05) is 24.5 Å². The van der Waals surface area contributed by atoms with Crippen molar-refractivity contribution >= 4 is 17.8 Å². The Kier molecular flexibility index (Phi) is 2.88. The van der Waals surface area contributed by atoms with E-state index < -0.39 is 0 Å². The van der Waals surface area contributed by atoms with Crippen molar-refractivity contribution in [2.24, 2.45) is 0 Å². The van der Waals surface area contributed by atoms with Gasteiger partial charge in [0.25, 0.3) is 0 Å². The van der Waals surface area contributed by atoms with Crippen LogP contribution >= 0.6 is 0 Å². The highest BCUT2D eigenvalue weighted by atomic mass is 15.3. The zero-order chi connectivity index (χ0) is 17.0. The van der Waals surface area contributed by atoms with Crippen LogP contribution in [0, 0.1) is 13.8 Å². The quantitative estimate of drug-likeness (QED) is 0.499. The topological polar surface area (TPSA) is 60.9 Å². The SMILES string of the molecule is Cc1ncc(C)n2nc(/C=C/c3cn4c(n3)-c3ccccc3C4)nc12. The van der Waals surface area contributed by atoms with Crippen LogP contribution in [-0.4, -0.2) is 29.1 Å². The molecule has 0 saturated heterocycles. The molecule has 0 unspecified atom stereocenters. The van der Waals surface area contributed by atoms with Crippen LogP contribution in [0.5, 0.6) is 0 Å². The highest BCUT2D eigenvalue weighted by Gasteiger charge is 2.19. The Morgan fingerprint density at radius 1 is 1.08 bits per heavy atom.